The van der Waals surface area contributed by atoms with Crippen LogP contribution in [0.1, 0.15) is 11.5 Å². The predicted octanol–water partition coefficient (Wildman–Crippen LogP) is -0.185. The minimum absolute atomic E-state index is 0.0976. The van der Waals surface area contributed by atoms with Gasteiger partial charge in [-0.25, -0.2) is 5.43 Å². The van der Waals surface area contributed by atoms with Crippen LogP contribution in [0.2, 0.25) is 0 Å². The first kappa shape index (κ1) is 10.1. The van der Waals surface area contributed by atoms with Crippen molar-refractivity contribution in [3.05, 3.63) is 30.1 Å². The number of carbonyl (C=O) groups is 1. The van der Waals surface area contributed by atoms with Crippen molar-refractivity contribution >= 4 is 5.97 Å². The Kier molecular flexibility index (Phi) is 2.94. The molecule has 2 atom stereocenters. The Morgan fingerprint density at radius 1 is 1.53 bits per heavy atom. The third-order valence-corrected chi connectivity index (χ3v) is 2.57. The van der Waals surface area contributed by atoms with Gasteiger partial charge in [-0.1, -0.05) is 0 Å². The van der Waals surface area contributed by atoms with E-state index >= 15 is 0 Å². The zero-order valence-corrected chi connectivity index (χ0v) is 8.43. The average Bonchev–Trinajstić information content (AvgIpc) is 2.78. The minimum atomic E-state index is -0.322. The van der Waals surface area contributed by atoms with Crippen molar-refractivity contribution < 1.29 is 9.53 Å². The molecule has 0 spiro atoms. The molecule has 2 N–H and O–H groups in total. The smallest absolute Gasteiger partial charge is 0.324 e. The standard InChI is InChI=1S/C10H13N3O2/c1-15-10(14)9-8(6-12-13-9)7-2-4-11-5-3-7/h2-5,8-9,12-13H,6H2,1H3. The number of pyridine rings is 1. The SMILES string of the molecule is COC(=O)C1NNCC1c1ccncc1. The Balaban J connectivity index is 2.18. The molecule has 2 heterocycles. The van der Waals surface area contributed by atoms with Gasteiger partial charge in [0.1, 0.15) is 6.04 Å². The van der Waals surface area contributed by atoms with E-state index in [0.29, 0.717) is 6.54 Å². The number of hydrogen-bond acceptors (Lipinski definition) is 5. The molecule has 0 radical (unpaired) electrons. The van der Waals surface area contributed by atoms with Crippen LogP contribution in [0.3, 0.4) is 0 Å². The lowest BCUT2D eigenvalue weighted by atomic mass is 9.94. The molecule has 2 rings (SSSR count). The fraction of sp³-hybridized carbons (Fsp3) is 0.400. The highest BCUT2D eigenvalue weighted by Crippen LogP contribution is 2.21. The first-order chi connectivity index (χ1) is 7.33. The highest BCUT2D eigenvalue weighted by molar-refractivity contribution is 5.77. The maximum atomic E-state index is 11.5. The van der Waals surface area contributed by atoms with Gasteiger partial charge in [0.25, 0.3) is 0 Å². The third-order valence-electron chi connectivity index (χ3n) is 2.57. The molecule has 1 aliphatic rings. The number of ether oxygens (including phenoxy) is 1. The van der Waals surface area contributed by atoms with E-state index < -0.39 is 0 Å². The molecule has 1 saturated heterocycles. The Bertz CT molecular complexity index is 342. The number of hydrazine groups is 1. The van der Waals surface area contributed by atoms with Gasteiger partial charge in [0, 0.05) is 24.9 Å². The zero-order chi connectivity index (χ0) is 10.7. The number of carbonyl (C=O) groups excluding carboxylic acids is 1. The predicted molar refractivity (Wildman–Crippen MR) is 53.9 cm³/mol. The zero-order valence-electron chi connectivity index (χ0n) is 8.43. The topological polar surface area (TPSA) is 63.2 Å². The van der Waals surface area contributed by atoms with Gasteiger partial charge in [-0.2, -0.15) is 0 Å². The van der Waals surface area contributed by atoms with Crippen molar-refractivity contribution in [1.82, 2.24) is 15.8 Å². The van der Waals surface area contributed by atoms with Crippen LogP contribution in [0, 0.1) is 0 Å². The fourth-order valence-corrected chi connectivity index (χ4v) is 1.77. The van der Waals surface area contributed by atoms with Gasteiger partial charge in [-0.15, -0.1) is 0 Å². The van der Waals surface area contributed by atoms with Crippen molar-refractivity contribution in [2.45, 2.75) is 12.0 Å². The highest BCUT2D eigenvalue weighted by Gasteiger charge is 2.34. The van der Waals surface area contributed by atoms with E-state index in [9.17, 15) is 4.79 Å². The second kappa shape index (κ2) is 4.37. The second-order valence-corrected chi connectivity index (χ2v) is 3.41. The molecule has 5 heteroatoms. The summed E-state index contributed by atoms with van der Waals surface area (Å²) in [4.78, 5) is 15.4. The summed E-state index contributed by atoms with van der Waals surface area (Å²) in [5.74, 6) is -0.151. The first-order valence-corrected chi connectivity index (χ1v) is 4.79. The molecule has 0 aromatic carbocycles. The summed E-state index contributed by atoms with van der Waals surface area (Å²) < 4.78 is 4.73. The summed E-state index contributed by atoms with van der Waals surface area (Å²) in [6.45, 7) is 0.712. The van der Waals surface area contributed by atoms with Crippen LogP contribution in [-0.2, 0) is 9.53 Å². The van der Waals surface area contributed by atoms with Gasteiger partial charge in [0.15, 0.2) is 0 Å². The third kappa shape index (κ3) is 1.98. The van der Waals surface area contributed by atoms with Crippen molar-refractivity contribution in [2.24, 2.45) is 0 Å². The summed E-state index contributed by atoms with van der Waals surface area (Å²) >= 11 is 0. The molecule has 0 aliphatic carbocycles. The molecule has 1 fully saturated rings. The molecule has 5 nitrogen and oxygen atoms in total. The Morgan fingerprint density at radius 3 is 2.93 bits per heavy atom. The Labute approximate surface area is 87.8 Å². The van der Waals surface area contributed by atoms with Crippen LogP contribution in [0.5, 0.6) is 0 Å². The van der Waals surface area contributed by atoms with Crippen LogP contribution >= 0.6 is 0 Å². The van der Waals surface area contributed by atoms with Crippen LogP contribution in [-0.4, -0.2) is 30.6 Å². The summed E-state index contributed by atoms with van der Waals surface area (Å²) in [5, 5.41) is 0. The second-order valence-electron chi connectivity index (χ2n) is 3.41. The highest BCUT2D eigenvalue weighted by atomic mass is 16.5. The normalized spacial score (nSPS) is 25.1. The van der Waals surface area contributed by atoms with Crippen LogP contribution in [0.15, 0.2) is 24.5 Å². The molecule has 0 saturated carbocycles. The molecule has 1 aromatic rings. The monoisotopic (exact) mass is 207 g/mol. The molecular weight excluding hydrogens is 194 g/mol. The number of nitrogens with one attached hydrogen (secondary N) is 2. The molecule has 1 aliphatic heterocycles. The molecule has 2 unspecified atom stereocenters. The summed E-state index contributed by atoms with van der Waals surface area (Å²) in [7, 11) is 1.39. The van der Waals surface area contributed by atoms with Gasteiger partial charge in [-0.3, -0.25) is 15.2 Å². The van der Waals surface area contributed by atoms with E-state index in [1.807, 2.05) is 12.1 Å². The Hall–Kier alpha value is -1.46. The summed E-state index contributed by atoms with van der Waals surface area (Å²) in [6, 6.07) is 3.50. The minimum Gasteiger partial charge on any atom is -0.468 e. The number of nitrogens with zero attached hydrogens (tertiary/aromatic N) is 1. The lowest BCUT2D eigenvalue weighted by molar-refractivity contribution is -0.143. The molecule has 80 valence electrons. The van der Waals surface area contributed by atoms with Gasteiger partial charge in [0.2, 0.25) is 0 Å². The van der Waals surface area contributed by atoms with E-state index in [1.165, 1.54) is 7.11 Å². The van der Waals surface area contributed by atoms with Crippen molar-refractivity contribution in [3.8, 4) is 0 Å². The van der Waals surface area contributed by atoms with Crippen LogP contribution in [0.25, 0.3) is 0 Å². The lowest BCUT2D eigenvalue weighted by Crippen LogP contribution is -2.38. The van der Waals surface area contributed by atoms with E-state index in [4.69, 9.17) is 4.74 Å². The molecule has 15 heavy (non-hydrogen) atoms. The Morgan fingerprint density at radius 2 is 2.27 bits per heavy atom. The maximum absolute atomic E-state index is 11.5. The molecular formula is C10H13N3O2. The quantitative estimate of drug-likeness (QED) is 0.658. The van der Waals surface area contributed by atoms with Gasteiger partial charge in [-0.05, 0) is 17.7 Å². The van der Waals surface area contributed by atoms with E-state index in [-0.39, 0.29) is 17.9 Å². The number of hydrogen-bond donors (Lipinski definition) is 2. The lowest BCUT2D eigenvalue weighted by Gasteiger charge is -2.15. The number of methoxy groups -OCH3 is 1. The van der Waals surface area contributed by atoms with E-state index in [1.54, 1.807) is 12.4 Å². The van der Waals surface area contributed by atoms with Gasteiger partial charge in [0.05, 0.1) is 7.11 Å². The first-order valence-electron chi connectivity index (χ1n) is 4.79. The van der Waals surface area contributed by atoms with Crippen LogP contribution in [0.4, 0.5) is 0 Å². The number of esters is 1. The van der Waals surface area contributed by atoms with Crippen molar-refractivity contribution in [2.75, 3.05) is 13.7 Å². The number of rotatable bonds is 2. The average molecular weight is 207 g/mol. The van der Waals surface area contributed by atoms with Crippen molar-refractivity contribution in [1.29, 1.82) is 0 Å². The summed E-state index contributed by atoms with van der Waals surface area (Å²) in [6.07, 6.45) is 3.45. The van der Waals surface area contributed by atoms with E-state index in [0.717, 1.165) is 5.56 Å². The largest absolute Gasteiger partial charge is 0.468 e. The summed E-state index contributed by atoms with van der Waals surface area (Å²) in [5.41, 5.74) is 6.96. The molecule has 0 amide bonds. The van der Waals surface area contributed by atoms with Crippen molar-refractivity contribution in [3.63, 3.8) is 0 Å². The molecule has 0 bridgehead atoms. The maximum Gasteiger partial charge on any atom is 0.324 e. The van der Waals surface area contributed by atoms with E-state index in [2.05, 4.69) is 15.8 Å². The fourth-order valence-electron chi connectivity index (χ4n) is 1.77. The van der Waals surface area contributed by atoms with Gasteiger partial charge >= 0.3 is 5.97 Å². The molecule has 1 aromatic heterocycles. The van der Waals surface area contributed by atoms with Crippen LogP contribution < -0.4 is 10.9 Å². The number of aromatic nitrogens is 1. The van der Waals surface area contributed by atoms with Gasteiger partial charge < -0.3 is 4.74 Å².